The number of nitrogens with one attached hydrogen (secondary N) is 1. The van der Waals surface area contributed by atoms with Crippen LogP contribution in [0.3, 0.4) is 0 Å². The summed E-state index contributed by atoms with van der Waals surface area (Å²) >= 11 is 1.88. The van der Waals surface area contributed by atoms with E-state index < -0.39 is 0 Å². The Morgan fingerprint density at radius 1 is 1.33 bits per heavy atom. The lowest BCUT2D eigenvalue weighted by molar-refractivity contribution is 0.321. The van der Waals surface area contributed by atoms with E-state index in [0.29, 0.717) is 12.5 Å². The van der Waals surface area contributed by atoms with Crippen LogP contribution in [0.1, 0.15) is 34.3 Å². The minimum Gasteiger partial charge on any atom is -0.493 e. The highest BCUT2D eigenvalue weighted by Crippen LogP contribution is 2.34. The lowest BCUT2D eigenvalue weighted by Gasteiger charge is -2.20. The minimum absolute atomic E-state index is 0.596. The van der Waals surface area contributed by atoms with Gasteiger partial charge in [0.05, 0.1) is 17.3 Å². The van der Waals surface area contributed by atoms with Gasteiger partial charge in [0.25, 0.3) is 0 Å². The SMILES string of the molecule is CNCC1CCCc2sc(CCOc3ccccc3)nc21. The van der Waals surface area contributed by atoms with Gasteiger partial charge < -0.3 is 10.1 Å². The van der Waals surface area contributed by atoms with Gasteiger partial charge in [0, 0.05) is 23.8 Å². The number of fused-ring (bicyclic) bond motifs is 1. The van der Waals surface area contributed by atoms with E-state index in [4.69, 9.17) is 9.72 Å². The van der Waals surface area contributed by atoms with Crippen LogP contribution in [0.4, 0.5) is 0 Å². The highest BCUT2D eigenvalue weighted by molar-refractivity contribution is 7.11. The Kier molecular flexibility index (Phi) is 4.88. The highest BCUT2D eigenvalue weighted by Gasteiger charge is 2.23. The zero-order valence-electron chi connectivity index (χ0n) is 12.5. The van der Waals surface area contributed by atoms with Gasteiger partial charge in [-0.2, -0.15) is 0 Å². The van der Waals surface area contributed by atoms with Crippen molar-refractivity contribution in [3.63, 3.8) is 0 Å². The van der Waals surface area contributed by atoms with Crippen molar-refractivity contribution in [1.82, 2.24) is 10.3 Å². The molecular formula is C17H22N2OS. The maximum absolute atomic E-state index is 5.77. The molecule has 3 rings (SSSR count). The molecule has 1 unspecified atom stereocenters. The molecule has 0 aliphatic heterocycles. The number of likely N-dealkylation sites (N-methyl/N-ethyl adjacent to an activating group) is 1. The molecule has 0 saturated carbocycles. The van der Waals surface area contributed by atoms with Crippen LogP contribution in [0.2, 0.25) is 0 Å². The molecule has 3 nitrogen and oxygen atoms in total. The molecular weight excluding hydrogens is 280 g/mol. The van der Waals surface area contributed by atoms with E-state index in [9.17, 15) is 0 Å². The Morgan fingerprint density at radius 2 is 2.19 bits per heavy atom. The van der Waals surface area contributed by atoms with Crippen molar-refractivity contribution in [3.8, 4) is 5.75 Å². The summed E-state index contributed by atoms with van der Waals surface area (Å²) < 4.78 is 5.77. The molecule has 0 radical (unpaired) electrons. The summed E-state index contributed by atoms with van der Waals surface area (Å²) in [5.41, 5.74) is 1.34. The molecule has 4 heteroatoms. The normalized spacial score (nSPS) is 17.5. The number of hydrogen-bond donors (Lipinski definition) is 1. The van der Waals surface area contributed by atoms with Crippen LogP contribution in [-0.2, 0) is 12.8 Å². The van der Waals surface area contributed by atoms with Crippen LogP contribution >= 0.6 is 11.3 Å². The first-order valence-electron chi connectivity index (χ1n) is 7.67. The standard InChI is InChI=1S/C17H22N2OS/c1-18-12-13-6-5-9-15-17(13)19-16(21-15)10-11-20-14-7-3-2-4-8-14/h2-4,7-8,13,18H,5-6,9-12H2,1H3. The Balaban J connectivity index is 1.59. The predicted octanol–water partition coefficient (Wildman–Crippen LogP) is 3.40. The van der Waals surface area contributed by atoms with Gasteiger partial charge >= 0.3 is 0 Å². The summed E-state index contributed by atoms with van der Waals surface area (Å²) in [5, 5.41) is 4.51. The van der Waals surface area contributed by atoms with Crippen LogP contribution in [-0.4, -0.2) is 25.2 Å². The van der Waals surface area contributed by atoms with Gasteiger partial charge in [-0.1, -0.05) is 18.2 Å². The summed E-state index contributed by atoms with van der Waals surface area (Å²) in [6.45, 7) is 1.74. The first-order chi connectivity index (χ1) is 10.4. The molecule has 1 aromatic carbocycles. The second kappa shape index (κ2) is 7.05. The molecule has 112 valence electrons. The van der Waals surface area contributed by atoms with Crippen molar-refractivity contribution >= 4 is 11.3 Å². The summed E-state index contributed by atoms with van der Waals surface area (Å²) in [7, 11) is 2.02. The predicted molar refractivity (Wildman–Crippen MR) is 87.4 cm³/mol. The van der Waals surface area contributed by atoms with Crippen LogP contribution in [0.15, 0.2) is 30.3 Å². The van der Waals surface area contributed by atoms with Gasteiger partial charge in [-0.3, -0.25) is 0 Å². The minimum atomic E-state index is 0.596. The van der Waals surface area contributed by atoms with E-state index in [1.807, 2.05) is 48.7 Å². The fraction of sp³-hybridized carbons (Fsp3) is 0.471. The number of nitrogens with zero attached hydrogens (tertiary/aromatic N) is 1. The quantitative estimate of drug-likeness (QED) is 0.888. The number of hydrogen-bond acceptors (Lipinski definition) is 4. The smallest absolute Gasteiger partial charge is 0.119 e. The number of ether oxygens (including phenoxy) is 1. The molecule has 1 N–H and O–H groups in total. The van der Waals surface area contributed by atoms with Gasteiger partial charge in [0.2, 0.25) is 0 Å². The van der Waals surface area contributed by atoms with Gasteiger partial charge in [-0.15, -0.1) is 11.3 Å². The second-order valence-electron chi connectivity index (χ2n) is 5.47. The van der Waals surface area contributed by atoms with E-state index in [2.05, 4.69) is 5.32 Å². The van der Waals surface area contributed by atoms with Crippen molar-refractivity contribution in [2.45, 2.75) is 31.6 Å². The van der Waals surface area contributed by atoms with Gasteiger partial charge in [0.1, 0.15) is 5.75 Å². The number of para-hydroxylation sites is 1. The van der Waals surface area contributed by atoms with E-state index in [-0.39, 0.29) is 0 Å². The Bertz CT molecular complexity index is 567. The van der Waals surface area contributed by atoms with Gasteiger partial charge in [-0.25, -0.2) is 4.98 Å². The fourth-order valence-corrected chi connectivity index (χ4v) is 4.06. The van der Waals surface area contributed by atoms with Gasteiger partial charge in [-0.05, 0) is 38.4 Å². The summed E-state index contributed by atoms with van der Waals surface area (Å²) in [6.07, 6.45) is 4.66. The first kappa shape index (κ1) is 14.5. The number of aromatic nitrogens is 1. The maximum Gasteiger partial charge on any atom is 0.119 e. The first-order valence-corrected chi connectivity index (χ1v) is 8.49. The third-order valence-corrected chi connectivity index (χ3v) is 5.08. The maximum atomic E-state index is 5.77. The van der Waals surface area contributed by atoms with Crippen molar-refractivity contribution < 1.29 is 4.74 Å². The van der Waals surface area contributed by atoms with E-state index in [0.717, 1.165) is 18.7 Å². The second-order valence-corrected chi connectivity index (χ2v) is 6.64. The van der Waals surface area contributed by atoms with Crippen LogP contribution in [0.5, 0.6) is 5.75 Å². The third kappa shape index (κ3) is 3.63. The molecule has 1 aromatic heterocycles. The van der Waals surface area contributed by atoms with Crippen LogP contribution in [0, 0.1) is 0 Å². The van der Waals surface area contributed by atoms with Gasteiger partial charge in [0.15, 0.2) is 0 Å². The number of rotatable bonds is 6. The Hall–Kier alpha value is -1.39. The summed E-state index contributed by atoms with van der Waals surface area (Å²) in [6, 6.07) is 9.99. The van der Waals surface area contributed by atoms with Crippen LogP contribution < -0.4 is 10.1 Å². The molecule has 0 saturated heterocycles. The van der Waals surface area contributed by atoms with Crippen molar-refractivity contribution in [1.29, 1.82) is 0 Å². The van der Waals surface area contributed by atoms with E-state index in [1.54, 1.807) is 0 Å². The topological polar surface area (TPSA) is 34.1 Å². The Morgan fingerprint density at radius 3 is 3.00 bits per heavy atom. The zero-order chi connectivity index (χ0) is 14.5. The van der Waals surface area contributed by atoms with Crippen molar-refractivity contribution in [2.24, 2.45) is 0 Å². The molecule has 1 aliphatic rings. The van der Waals surface area contributed by atoms with Crippen molar-refractivity contribution in [2.75, 3.05) is 20.2 Å². The summed E-state index contributed by atoms with van der Waals surface area (Å²) in [5.74, 6) is 1.53. The average Bonchev–Trinajstić information content (AvgIpc) is 2.93. The fourth-order valence-electron chi connectivity index (χ4n) is 2.88. The highest BCUT2D eigenvalue weighted by atomic mass is 32.1. The average molecular weight is 302 g/mol. The largest absolute Gasteiger partial charge is 0.493 e. The molecule has 21 heavy (non-hydrogen) atoms. The van der Waals surface area contributed by atoms with Crippen molar-refractivity contribution in [3.05, 3.63) is 45.9 Å². The number of aryl methyl sites for hydroxylation is 1. The number of thiazole rings is 1. The van der Waals surface area contributed by atoms with E-state index >= 15 is 0 Å². The molecule has 1 heterocycles. The van der Waals surface area contributed by atoms with E-state index in [1.165, 1.54) is 34.8 Å². The molecule has 1 aliphatic carbocycles. The third-order valence-electron chi connectivity index (χ3n) is 3.89. The lowest BCUT2D eigenvalue weighted by Crippen LogP contribution is -2.21. The molecule has 0 amide bonds. The monoisotopic (exact) mass is 302 g/mol. The molecule has 0 spiro atoms. The molecule has 2 aromatic rings. The van der Waals surface area contributed by atoms with Crippen LogP contribution in [0.25, 0.3) is 0 Å². The Labute approximate surface area is 130 Å². The number of benzene rings is 1. The lowest BCUT2D eigenvalue weighted by atomic mass is 9.91. The molecule has 1 atom stereocenters. The molecule has 0 bridgehead atoms. The zero-order valence-corrected chi connectivity index (χ0v) is 13.3. The summed E-state index contributed by atoms with van der Waals surface area (Å²) in [4.78, 5) is 6.38. The molecule has 0 fully saturated rings.